The van der Waals surface area contributed by atoms with Crippen LogP contribution < -0.4 is 4.74 Å². The molecule has 0 spiro atoms. The van der Waals surface area contributed by atoms with Gasteiger partial charge in [-0.15, -0.1) is 0 Å². The van der Waals surface area contributed by atoms with Gasteiger partial charge in [-0.1, -0.05) is 0 Å². The van der Waals surface area contributed by atoms with Gasteiger partial charge < -0.3 is 4.74 Å². The third-order valence-electron chi connectivity index (χ3n) is 2.00. The molecule has 0 aromatic heterocycles. The molecule has 1 aromatic rings. The minimum absolute atomic E-state index is 0.0789. The molecule has 0 saturated carbocycles. The molecule has 1 rings (SSSR count). The predicted octanol–water partition coefficient (Wildman–Crippen LogP) is 2.29. The molecule has 5 heteroatoms. The van der Waals surface area contributed by atoms with Crippen molar-refractivity contribution in [1.29, 1.82) is 0 Å². The van der Waals surface area contributed by atoms with Gasteiger partial charge in [-0.2, -0.15) is 12.6 Å². The second-order valence-electron chi connectivity index (χ2n) is 3.23. The number of halogens is 2. The van der Waals surface area contributed by atoms with Crippen LogP contribution in [-0.2, 0) is 6.54 Å². The van der Waals surface area contributed by atoms with Gasteiger partial charge >= 0.3 is 0 Å². The van der Waals surface area contributed by atoms with Gasteiger partial charge in [-0.25, -0.2) is 8.78 Å². The molecule has 1 aromatic carbocycles. The minimum atomic E-state index is -0.554. The van der Waals surface area contributed by atoms with Gasteiger partial charge in [0.05, 0.1) is 7.11 Å². The molecule has 0 unspecified atom stereocenters. The summed E-state index contributed by atoms with van der Waals surface area (Å²) >= 11 is 4.03. The Hall–Kier alpha value is -0.810. The molecular weight excluding hydrogens is 220 g/mol. The van der Waals surface area contributed by atoms with Crippen molar-refractivity contribution in [3.8, 4) is 5.75 Å². The number of methoxy groups -OCH3 is 1. The van der Waals surface area contributed by atoms with Gasteiger partial charge in [0.15, 0.2) is 11.6 Å². The molecule has 15 heavy (non-hydrogen) atoms. The molecule has 0 amide bonds. The Morgan fingerprint density at radius 3 is 2.53 bits per heavy atom. The first-order valence-corrected chi connectivity index (χ1v) is 5.03. The summed E-state index contributed by atoms with van der Waals surface area (Å²) in [5, 5.41) is 0. The lowest BCUT2D eigenvalue weighted by Crippen LogP contribution is -2.16. The van der Waals surface area contributed by atoms with Crippen molar-refractivity contribution in [1.82, 2.24) is 4.90 Å². The molecule has 0 saturated heterocycles. The molecule has 0 atom stereocenters. The van der Waals surface area contributed by atoms with Crippen molar-refractivity contribution in [2.24, 2.45) is 0 Å². The van der Waals surface area contributed by atoms with Crippen LogP contribution in [0.5, 0.6) is 5.75 Å². The van der Waals surface area contributed by atoms with Crippen molar-refractivity contribution in [3.63, 3.8) is 0 Å². The van der Waals surface area contributed by atoms with Crippen molar-refractivity contribution >= 4 is 12.6 Å². The van der Waals surface area contributed by atoms with Gasteiger partial charge in [0.2, 0.25) is 0 Å². The summed E-state index contributed by atoms with van der Waals surface area (Å²) in [6.45, 7) is 0.316. The Balaban J connectivity index is 2.95. The first-order chi connectivity index (χ1) is 7.08. The fraction of sp³-hybridized carbons (Fsp3) is 0.400. The second kappa shape index (κ2) is 5.32. The summed E-state index contributed by atoms with van der Waals surface area (Å²) in [5.41, 5.74) is 0.296. The van der Waals surface area contributed by atoms with Crippen LogP contribution in [0.4, 0.5) is 8.78 Å². The van der Waals surface area contributed by atoms with Crippen molar-refractivity contribution < 1.29 is 13.5 Å². The van der Waals surface area contributed by atoms with E-state index in [0.29, 0.717) is 18.0 Å². The van der Waals surface area contributed by atoms with E-state index in [1.807, 2.05) is 0 Å². The highest BCUT2D eigenvalue weighted by Crippen LogP contribution is 2.21. The largest absolute Gasteiger partial charge is 0.494 e. The fourth-order valence-corrected chi connectivity index (χ4v) is 1.29. The van der Waals surface area contributed by atoms with E-state index < -0.39 is 11.6 Å². The fourth-order valence-electron chi connectivity index (χ4n) is 1.19. The Morgan fingerprint density at radius 2 is 2.00 bits per heavy atom. The van der Waals surface area contributed by atoms with Crippen molar-refractivity contribution in [3.05, 3.63) is 29.3 Å². The standard InChI is InChI=1S/C10H13F2NOS/c1-13(6-15)5-7-3-9(12)10(14-2)4-8(7)11/h3-4,15H,5-6H2,1-2H3. The number of hydrogen-bond donors (Lipinski definition) is 1. The van der Waals surface area contributed by atoms with E-state index in [4.69, 9.17) is 0 Å². The molecule has 0 aliphatic rings. The quantitative estimate of drug-likeness (QED) is 0.633. The third-order valence-corrected chi connectivity index (χ3v) is 2.49. The topological polar surface area (TPSA) is 12.5 Å². The minimum Gasteiger partial charge on any atom is -0.494 e. The van der Waals surface area contributed by atoms with Crippen LogP contribution in [0.25, 0.3) is 0 Å². The van der Waals surface area contributed by atoms with Crippen LogP contribution in [-0.4, -0.2) is 24.9 Å². The van der Waals surface area contributed by atoms with E-state index >= 15 is 0 Å². The number of nitrogens with zero attached hydrogens (tertiary/aromatic N) is 1. The molecule has 0 radical (unpaired) electrons. The van der Waals surface area contributed by atoms with E-state index in [2.05, 4.69) is 17.4 Å². The van der Waals surface area contributed by atoms with E-state index in [-0.39, 0.29) is 5.75 Å². The lowest BCUT2D eigenvalue weighted by Gasteiger charge is -2.14. The van der Waals surface area contributed by atoms with E-state index in [9.17, 15) is 8.78 Å². The summed E-state index contributed by atoms with van der Waals surface area (Å²) in [5.74, 6) is -0.624. The molecule has 0 bridgehead atoms. The normalized spacial score (nSPS) is 10.8. The van der Waals surface area contributed by atoms with Crippen LogP contribution in [0, 0.1) is 11.6 Å². The molecule has 0 aliphatic carbocycles. The highest BCUT2D eigenvalue weighted by Gasteiger charge is 2.11. The van der Waals surface area contributed by atoms with Crippen LogP contribution in [0.2, 0.25) is 0 Å². The summed E-state index contributed by atoms with van der Waals surface area (Å²) in [6, 6.07) is 2.20. The van der Waals surface area contributed by atoms with Crippen LogP contribution >= 0.6 is 12.6 Å². The van der Waals surface area contributed by atoms with E-state index in [0.717, 1.165) is 12.1 Å². The highest BCUT2D eigenvalue weighted by molar-refractivity contribution is 7.80. The predicted molar refractivity (Wildman–Crippen MR) is 58.2 cm³/mol. The maximum atomic E-state index is 13.4. The second-order valence-corrected chi connectivity index (χ2v) is 3.52. The van der Waals surface area contributed by atoms with Gasteiger partial charge in [0.25, 0.3) is 0 Å². The first kappa shape index (κ1) is 12.3. The Kier molecular flexibility index (Phi) is 4.35. The lowest BCUT2D eigenvalue weighted by atomic mass is 10.2. The third kappa shape index (κ3) is 3.07. The molecule has 2 nitrogen and oxygen atoms in total. The number of ether oxygens (including phenoxy) is 1. The molecule has 0 heterocycles. The SMILES string of the molecule is COc1cc(F)c(CN(C)CS)cc1F. The van der Waals surface area contributed by atoms with Crippen molar-refractivity contribution in [2.75, 3.05) is 20.0 Å². The number of benzene rings is 1. The summed E-state index contributed by atoms with van der Waals surface area (Å²) < 4.78 is 31.3. The molecule has 84 valence electrons. The molecule has 0 N–H and O–H groups in total. The van der Waals surface area contributed by atoms with Crippen LogP contribution in [0.1, 0.15) is 5.56 Å². The zero-order valence-corrected chi connectivity index (χ0v) is 9.52. The molecule has 0 aliphatic heterocycles. The summed E-state index contributed by atoms with van der Waals surface area (Å²) in [6.07, 6.45) is 0. The molecular formula is C10H13F2NOS. The van der Waals surface area contributed by atoms with Crippen LogP contribution in [0.15, 0.2) is 12.1 Å². The smallest absolute Gasteiger partial charge is 0.165 e. The van der Waals surface area contributed by atoms with E-state index in [1.54, 1.807) is 11.9 Å². The Morgan fingerprint density at radius 1 is 1.33 bits per heavy atom. The van der Waals surface area contributed by atoms with E-state index in [1.165, 1.54) is 7.11 Å². The lowest BCUT2D eigenvalue weighted by molar-refractivity contribution is 0.365. The average Bonchev–Trinajstić information content (AvgIpc) is 2.22. The summed E-state index contributed by atoms with van der Waals surface area (Å²) in [4.78, 5) is 1.76. The maximum absolute atomic E-state index is 13.4. The maximum Gasteiger partial charge on any atom is 0.165 e. The van der Waals surface area contributed by atoms with Gasteiger partial charge in [-0.3, -0.25) is 4.90 Å². The van der Waals surface area contributed by atoms with Crippen molar-refractivity contribution in [2.45, 2.75) is 6.54 Å². The number of rotatable bonds is 4. The monoisotopic (exact) mass is 233 g/mol. The zero-order chi connectivity index (χ0) is 11.4. The Labute approximate surface area is 93.3 Å². The number of hydrogen-bond acceptors (Lipinski definition) is 3. The first-order valence-electron chi connectivity index (χ1n) is 4.39. The van der Waals surface area contributed by atoms with Crippen LogP contribution in [0.3, 0.4) is 0 Å². The highest BCUT2D eigenvalue weighted by atomic mass is 32.1. The van der Waals surface area contributed by atoms with Gasteiger partial charge in [-0.05, 0) is 13.1 Å². The van der Waals surface area contributed by atoms with Gasteiger partial charge in [0.1, 0.15) is 5.82 Å². The Bertz CT molecular complexity index is 346. The zero-order valence-electron chi connectivity index (χ0n) is 8.63. The average molecular weight is 233 g/mol. The summed E-state index contributed by atoms with van der Waals surface area (Å²) in [7, 11) is 3.08. The number of thiol groups is 1. The van der Waals surface area contributed by atoms with Gasteiger partial charge in [0, 0.05) is 24.1 Å². The molecule has 0 fully saturated rings.